The highest BCUT2D eigenvalue weighted by atomic mass is 31.2. The predicted molar refractivity (Wildman–Crippen MR) is 121 cm³/mol. The first kappa shape index (κ1) is 31.1. The summed E-state index contributed by atoms with van der Waals surface area (Å²) in [7, 11) is 3.70. The van der Waals surface area contributed by atoms with E-state index in [2.05, 4.69) is 0 Å². The van der Waals surface area contributed by atoms with E-state index in [-0.39, 0.29) is 0 Å². The van der Waals surface area contributed by atoms with Gasteiger partial charge in [-0.1, -0.05) is 0 Å². The summed E-state index contributed by atoms with van der Waals surface area (Å²) < 4.78 is 49.0. The molecule has 0 atom stereocenters. The Kier molecular flexibility index (Phi) is 28.2. The zero-order valence-corrected chi connectivity index (χ0v) is 20.7. The molecule has 10 heteroatoms. The van der Waals surface area contributed by atoms with Crippen molar-refractivity contribution in [1.29, 1.82) is 0 Å². The van der Waals surface area contributed by atoms with Gasteiger partial charge in [0.15, 0.2) is 0 Å². The fourth-order valence-electron chi connectivity index (χ4n) is 2.23. The monoisotopic (exact) mass is 472 g/mol. The molecule has 0 spiro atoms. The molecule has 0 amide bonds. The molecule has 0 unspecified atom stereocenters. The lowest BCUT2D eigenvalue weighted by Crippen LogP contribution is -2.07. The van der Waals surface area contributed by atoms with Crippen molar-refractivity contribution >= 4 is 8.60 Å². The van der Waals surface area contributed by atoms with Gasteiger partial charge >= 0.3 is 8.60 Å². The van der Waals surface area contributed by atoms with Crippen molar-refractivity contribution in [3.8, 4) is 0 Å². The Hall–Kier alpha value is 0.0700. The highest BCUT2D eigenvalue weighted by Gasteiger charge is 2.12. The number of hydrogen-bond acceptors (Lipinski definition) is 9. The minimum Gasteiger partial charge on any atom is -0.385 e. The minimum atomic E-state index is -1.38. The van der Waals surface area contributed by atoms with Gasteiger partial charge in [-0.05, 0) is 38.5 Å². The van der Waals surface area contributed by atoms with Gasteiger partial charge in [-0.15, -0.1) is 0 Å². The first-order chi connectivity index (χ1) is 15.3. The van der Waals surface area contributed by atoms with Gasteiger partial charge in [0.25, 0.3) is 0 Å². The van der Waals surface area contributed by atoms with Gasteiger partial charge in [-0.2, -0.15) is 0 Å². The summed E-state index contributed by atoms with van der Waals surface area (Å²) in [5, 5.41) is 0. The molecule has 31 heavy (non-hydrogen) atoms. The second kappa shape index (κ2) is 28.1. The summed E-state index contributed by atoms with van der Waals surface area (Å²) >= 11 is 0. The van der Waals surface area contributed by atoms with E-state index in [0.29, 0.717) is 59.5 Å². The molecule has 0 aliphatic carbocycles. The summed E-state index contributed by atoms with van der Waals surface area (Å²) in [5.74, 6) is 0. The van der Waals surface area contributed by atoms with Crippen LogP contribution in [0.1, 0.15) is 38.5 Å². The molecule has 0 saturated carbocycles. The van der Waals surface area contributed by atoms with E-state index in [9.17, 15) is 0 Å². The van der Waals surface area contributed by atoms with Crippen molar-refractivity contribution in [2.45, 2.75) is 38.5 Å². The maximum atomic E-state index is 5.79. The molecule has 0 saturated heterocycles. The lowest BCUT2D eigenvalue weighted by molar-refractivity contribution is 0.0763. The average Bonchev–Trinajstić information content (AvgIpc) is 2.78. The lowest BCUT2D eigenvalue weighted by Gasteiger charge is -2.17. The molecule has 9 nitrogen and oxygen atoms in total. The number of rotatable bonds is 27. The topological polar surface area (TPSA) is 83.1 Å². The smallest absolute Gasteiger partial charge is 0.332 e. The van der Waals surface area contributed by atoms with Crippen LogP contribution in [0.4, 0.5) is 0 Å². The molecule has 0 aromatic rings. The van der Waals surface area contributed by atoms with Crippen molar-refractivity contribution < 1.29 is 42.0 Å². The van der Waals surface area contributed by atoms with Gasteiger partial charge in [-0.25, -0.2) is 0 Å². The van der Waals surface area contributed by atoms with Crippen LogP contribution in [0.25, 0.3) is 0 Å². The van der Waals surface area contributed by atoms with Crippen molar-refractivity contribution in [3.63, 3.8) is 0 Å². The predicted octanol–water partition coefficient (Wildman–Crippen LogP) is 3.59. The molecule has 0 heterocycles. The van der Waals surface area contributed by atoms with Gasteiger partial charge in [0, 0.05) is 80.8 Å². The molecule has 0 aliphatic heterocycles. The van der Waals surface area contributed by atoms with Crippen LogP contribution in [0.15, 0.2) is 0 Å². The maximum absolute atomic E-state index is 5.79. The SMILES string of the molecule is COCCCOCCCOP(OCCCOCCCOC)OCCCOCCCOC. The van der Waals surface area contributed by atoms with Crippen molar-refractivity contribution in [2.24, 2.45) is 0 Å². The second-order valence-electron chi connectivity index (χ2n) is 6.66. The summed E-state index contributed by atoms with van der Waals surface area (Å²) in [6.07, 6.45) is 5.09. The molecular formula is C21H45O9P. The maximum Gasteiger partial charge on any atom is 0.332 e. The molecule has 0 aromatic heterocycles. The largest absolute Gasteiger partial charge is 0.385 e. The molecule has 188 valence electrons. The van der Waals surface area contributed by atoms with Crippen LogP contribution >= 0.6 is 8.60 Å². The summed E-state index contributed by atoms with van der Waals surface area (Å²) in [6.45, 7) is 7.82. The molecule has 0 fully saturated rings. The highest BCUT2D eigenvalue weighted by molar-refractivity contribution is 7.41. The first-order valence-electron chi connectivity index (χ1n) is 11.2. The van der Waals surface area contributed by atoms with Crippen molar-refractivity contribution in [1.82, 2.24) is 0 Å². The van der Waals surface area contributed by atoms with E-state index in [1.807, 2.05) is 0 Å². The van der Waals surface area contributed by atoms with E-state index >= 15 is 0 Å². The Morgan fingerprint density at radius 2 is 0.613 bits per heavy atom. The van der Waals surface area contributed by atoms with Gasteiger partial charge in [-0.3, -0.25) is 0 Å². The van der Waals surface area contributed by atoms with E-state index in [4.69, 9.17) is 42.0 Å². The Morgan fingerprint density at radius 1 is 0.355 bits per heavy atom. The summed E-state index contributed by atoms with van der Waals surface area (Å²) in [4.78, 5) is 0. The zero-order valence-electron chi connectivity index (χ0n) is 19.8. The van der Waals surface area contributed by atoms with Gasteiger partial charge in [0.05, 0.1) is 19.8 Å². The highest BCUT2D eigenvalue weighted by Crippen LogP contribution is 2.39. The summed E-state index contributed by atoms with van der Waals surface area (Å²) in [5.41, 5.74) is 0. The molecule has 0 N–H and O–H groups in total. The molecule has 0 aliphatic rings. The molecule has 0 rings (SSSR count). The van der Waals surface area contributed by atoms with E-state index in [1.165, 1.54) is 0 Å². The Morgan fingerprint density at radius 3 is 0.871 bits per heavy atom. The quantitative estimate of drug-likeness (QED) is 0.132. The molecule has 0 aromatic carbocycles. The normalized spacial score (nSPS) is 11.6. The molecular weight excluding hydrogens is 427 g/mol. The third-order valence-corrected chi connectivity index (χ3v) is 4.98. The van der Waals surface area contributed by atoms with Gasteiger partial charge in [0.1, 0.15) is 0 Å². The number of hydrogen-bond donors (Lipinski definition) is 0. The molecule has 0 radical (unpaired) electrons. The fraction of sp³-hybridized carbons (Fsp3) is 1.00. The van der Waals surface area contributed by atoms with Gasteiger partial charge in [0.2, 0.25) is 0 Å². The van der Waals surface area contributed by atoms with Crippen LogP contribution in [-0.2, 0) is 42.0 Å². The Labute approximate surface area is 190 Å². The van der Waals surface area contributed by atoms with E-state index in [0.717, 1.165) is 58.3 Å². The Bertz CT molecular complexity index is 280. The average molecular weight is 473 g/mol. The fourth-order valence-corrected chi connectivity index (χ4v) is 3.29. The van der Waals surface area contributed by atoms with Crippen LogP contribution in [0.2, 0.25) is 0 Å². The first-order valence-corrected chi connectivity index (χ1v) is 12.3. The lowest BCUT2D eigenvalue weighted by atomic mass is 10.4. The van der Waals surface area contributed by atoms with Crippen LogP contribution in [0.3, 0.4) is 0 Å². The number of methoxy groups -OCH3 is 3. The van der Waals surface area contributed by atoms with Gasteiger partial charge < -0.3 is 42.0 Å². The Balaban J connectivity index is 3.82. The zero-order chi connectivity index (χ0) is 22.7. The van der Waals surface area contributed by atoms with Crippen LogP contribution in [-0.4, -0.2) is 101 Å². The van der Waals surface area contributed by atoms with Crippen molar-refractivity contribution in [2.75, 3.05) is 101 Å². The van der Waals surface area contributed by atoms with Crippen LogP contribution in [0, 0.1) is 0 Å². The van der Waals surface area contributed by atoms with Crippen LogP contribution in [0.5, 0.6) is 0 Å². The minimum absolute atomic E-state index is 0.539. The number of ether oxygens (including phenoxy) is 6. The van der Waals surface area contributed by atoms with Crippen molar-refractivity contribution in [3.05, 3.63) is 0 Å². The standard InChI is InChI=1S/C21H45O9P/c1-22-10-4-13-25-16-7-19-28-31(29-20-8-17-26-14-5-11-23-2)30-21-9-18-27-15-6-12-24-3/h4-21H2,1-3H3. The third-order valence-electron chi connectivity index (χ3n) is 3.80. The molecule has 0 bridgehead atoms. The van der Waals surface area contributed by atoms with E-state index < -0.39 is 8.60 Å². The third kappa shape index (κ3) is 26.2. The van der Waals surface area contributed by atoms with Crippen LogP contribution < -0.4 is 0 Å². The summed E-state index contributed by atoms with van der Waals surface area (Å²) in [6, 6.07) is 0. The second-order valence-corrected chi connectivity index (χ2v) is 7.88. The van der Waals surface area contributed by atoms with E-state index in [1.54, 1.807) is 21.3 Å².